The number of nitrogens with one attached hydrogen (secondary N) is 1. The summed E-state index contributed by atoms with van der Waals surface area (Å²) in [5.74, 6) is -0.117. The third-order valence-corrected chi connectivity index (χ3v) is 5.68. The van der Waals surface area contributed by atoms with Crippen LogP contribution in [0, 0.1) is 6.92 Å². The van der Waals surface area contributed by atoms with E-state index in [1.165, 1.54) is 4.68 Å². The Morgan fingerprint density at radius 2 is 2.00 bits per heavy atom. The van der Waals surface area contributed by atoms with Crippen LogP contribution in [0.3, 0.4) is 0 Å². The van der Waals surface area contributed by atoms with Gasteiger partial charge in [-0.1, -0.05) is 35.0 Å². The van der Waals surface area contributed by atoms with Gasteiger partial charge >= 0.3 is 6.18 Å². The van der Waals surface area contributed by atoms with Gasteiger partial charge in [-0.2, -0.15) is 18.3 Å². The minimum Gasteiger partial charge on any atom is -0.360 e. The van der Waals surface area contributed by atoms with Crippen molar-refractivity contribution in [3.8, 4) is 11.3 Å². The van der Waals surface area contributed by atoms with Crippen LogP contribution in [0.1, 0.15) is 45.9 Å². The molecular formula is C21H20ClF3N4O2. The van der Waals surface area contributed by atoms with E-state index in [4.69, 9.17) is 16.1 Å². The van der Waals surface area contributed by atoms with Gasteiger partial charge in [0.15, 0.2) is 5.69 Å². The highest BCUT2D eigenvalue weighted by atomic mass is 35.5. The maximum Gasteiger partial charge on any atom is 0.435 e. The van der Waals surface area contributed by atoms with Crippen molar-refractivity contribution in [1.29, 1.82) is 0 Å². The molecule has 0 aliphatic heterocycles. The van der Waals surface area contributed by atoms with Gasteiger partial charge in [0.1, 0.15) is 17.0 Å². The Kier molecular flexibility index (Phi) is 5.79. The van der Waals surface area contributed by atoms with Gasteiger partial charge in [0.2, 0.25) is 0 Å². The van der Waals surface area contributed by atoms with Gasteiger partial charge in [-0.25, -0.2) is 0 Å². The lowest BCUT2D eigenvalue weighted by Gasteiger charge is -2.15. The number of aromatic nitrogens is 3. The Balaban J connectivity index is 1.51. The summed E-state index contributed by atoms with van der Waals surface area (Å²) in [6, 6.07) is 6.94. The number of amides is 1. The second-order valence-electron chi connectivity index (χ2n) is 7.40. The first-order valence-corrected chi connectivity index (χ1v) is 10.3. The van der Waals surface area contributed by atoms with Gasteiger partial charge in [0.25, 0.3) is 5.91 Å². The molecule has 0 atom stereocenters. The molecule has 0 spiro atoms. The monoisotopic (exact) mass is 452 g/mol. The second-order valence-corrected chi connectivity index (χ2v) is 7.81. The van der Waals surface area contributed by atoms with E-state index in [1.54, 1.807) is 31.2 Å². The van der Waals surface area contributed by atoms with Crippen LogP contribution in [-0.2, 0) is 25.6 Å². The van der Waals surface area contributed by atoms with Crippen LogP contribution < -0.4 is 5.32 Å². The number of alkyl halides is 3. The minimum atomic E-state index is -4.49. The van der Waals surface area contributed by atoms with Gasteiger partial charge in [-0.3, -0.25) is 9.48 Å². The number of carbonyl (C=O) groups excluding carboxylic acids is 1. The predicted molar refractivity (Wildman–Crippen MR) is 108 cm³/mol. The van der Waals surface area contributed by atoms with E-state index in [0.717, 1.165) is 12.8 Å². The summed E-state index contributed by atoms with van der Waals surface area (Å²) in [6.07, 6.45) is -2.02. The van der Waals surface area contributed by atoms with Gasteiger partial charge in [-0.15, -0.1) is 0 Å². The molecule has 4 rings (SSSR count). The maximum atomic E-state index is 13.3. The van der Waals surface area contributed by atoms with Crippen LogP contribution >= 0.6 is 11.6 Å². The van der Waals surface area contributed by atoms with Gasteiger partial charge in [-0.05, 0) is 38.7 Å². The molecule has 1 aliphatic rings. The van der Waals surface area contributed by atoms with E-state index < -0.39 is 17.8 Å². The number of nitrogens with zero attached hydrogens (tertiary/aromatic N) is 3. The zero-order valence-electron chi connectivity index (χ0n) is 16.7. The van der Waals surface area contributed by atoms with E-state index in [-0.39, 0.29) is 24.2 Å². The average Bonchev–Trinajstić information content (AvgIpc) is 3.29. The molecular weight excluding hydrogens is 433 g/mol. The number of rotatable bonds is 5. The molecule has 1 aliphatic carbocycles. The SMILES string of the molecule is Cc1onc(-c2ccccc2Cl)c1C(=O)NCCn1nc(C(F)(F)F)c2c1CCCC2. The smallest absolute Gasteiger partial charge is 0.360 e. The quantitative estimate of drug-likeness (QED) is 0.602. The molecule has 1 aromatic carbocycles. The Labute approximate surface area is 181 Å². The number of carbonyl (C=O) groups is 1. The Morgan fingerprint density at radius 1 is 1.26 bits per heavy atom. The zero-order chi connectivity index (χ0) is 22.2. The molecule has 1 amide bonds. The Hall–Kier alpha value is -2.81. The lowest BCUT2D eigenvalue weighted by atomic mass is 9.95. The van der Waals surface area contributed by atoms with Gasteiger partial charge in [0, 0.05) is 23.4 Å². The van der Waals surface area contributed by atoms with Crippen LogP contribution in [0.2, 0.25) is 5.02 Å². The number of halogens is 4. The normalized spacial score (nSPS) is 13.8. The van der Waals surface area contributed by atoms with E-state index >= 15 is 0 Å². The molecule has 0 fully saturated rings. The highest BCUT2D eigenvalue weighted by Crippen LogP contribution is 2.36. The molecule has 6 nitrogen and oxygen atoms in total. The van der Waals surface area contributed by atoms with Crippen LogP contribution in [0.25, 0.3) is 11.3 Å². The number of benzene rings is 1. The van der Waals surface area contributed by atoms with E-state index in [1.807, 2.05) is 0 Å². The topological polar surface area (TPSA) is 73.0 Å². The first-order chi connectivity index (χ1) is 14.8. The Bertz CT molecular complexity index is 1120. The molecule has 31 heavy (non-hydrogen) atoms. The number of hydrogen-bond donors (Lipinski definition) is 1. The number of fused-ring (bicyclic) bond motifs is 1. The molecule has 10 heteroatoms. The highest BCUT2D eigenvalue weighted by molar-refractivity contribution is 6.33. The first-order valence-electron chi connectivity index (χ1n) is 9.92. The largest absolute Gasteiger partial charge is 0.435 e. The summed E-state index contributed by atoms with van der Waals surface area (Å²) in [4.78, 5) is 12.8. The molecule has 0 radical (unpaired) electrons. The molecule has 3 aromatic rings. The molecule has 0 saturated heterocycles. The lowest BCUT2D eigenvalue weighted by molar-refractivity contribution is -0.142. The molecule has 164 valence electrons. The summed E-state index contributed by atoms with van der Waals surface area (Å²) < 4.78 is 46.6. The molecule has 2 heterocycles. The molecule has 0 saturated carbocycles. The number of aryl methyl sites for hydroxylation is 1. The molecule has 0 bridgehead atoms. The van der Waals surface area contributed by atoms with Crippen molar-refractivity contribution in [2.75, 3.05) is 6.54 Å². The van der Waals surface area contributed by atoms with E-state index in [9.17, 15) is 18.0 Å². The molecule has 1 N–H and O–H groups in total. The van der Waals surface area contributed by atoms with Crippen molar-refractivity contribution < 1.29 is 22.5 Å². The minimum absolute atomic E-state index is 0.108. The van der Waals surface area contributed by atoms with Crippen LogP contribution in [-0.4, -0.2) is 27.4 Å². The van der Waals surface area contributed by atoms with Crippen molar-refractivity contribution in [1.82, 2.24) is 20.3 Å². The third-order valence-electron chi connectivity index (χ3n) is 5.35. The fourth-order valence-corrected chi connectivity index (χ4v) is 4.15. The van der Waals surface area contributed by atoms with E-state index in [0.29, 0.717) is 40.6 Å². The lowest BCUT2D eigenvalue weighted by Crippen LogP contribution is -2.28. The molecule has 0 unspecified atom stereocenters. The third kappa shape index (κ3) is 4.19. The van der Waals surface area contributed by atoms with Crippen molar-refractivity contribution in [3.63, 3.8) is 0 Å². The van der Waals surface area contributed by atoms with Crippen molar-refractivity contribution in [3.05, 3.63) is 57.6 Å². The average molecular weight is 453 g/mol. The van der Waals surface area contributed by atoms with Crippen LogP contribution in [0.4, 0.5) is 13.2 Å². The fraction of sp³-hybridized carbons (Fsp3) is 0.381. The molecule has 2 aromatic heterocycles. The van der Waals surface area contributed by atoms with Crippen LogP contribution in [0.15, 0.2) is 28.8 Å². The predicted octanol–water partition coefficient (Wildman–Crippen LogP) is 4.83. The first kappa shape index (κ1) is 21.4. The number of hydrogen-bond acceptors (Lipinski definition) is 4. The fourth-order valence-electron chi connectivity index (χ4n) is 3.92. The maximum absolute atomic E-state index is 13.3. The summed E-state index contributed by atoms with van der Waals surface area (Å²) in [5, 5.41) is 10.9. The van der Waals surface area contributed by atoms with Gasteiger partial charge < -0.3 is 9.84 Å². The second kappa shape index (κ2) is 8.37. The van der Waals surface area contributed by atoms with Crippen molar-refractivity contribution >= 4 is 17.5 Å². The Morgan fingerprint density at radius 3 is 2.74 bits per heavy atom. The highest BCUT2D eigenvalue weighted by Gasteiger charge is 2.39. The zero-order valence-corrected chi connectivity index (χ0v) is 17.5. The summed E-state index contributed by atoms with van der Waals surface area (Å²) >= 11 is 6.22. The van der Waals surface area contributed by atoms with Crippen molar-refractivity contribution in [2.24, 2.45) is 0 Å². The summed E-state index contributed by atoms with van der Waals surface area (Å²) in [6.45, 7) is 1.86. The van der Waals surface area contributed by atoms with Gasteiger partial charge in [0.05, 0.1) is 11.6 Å². The summed E-state index contributed by atoms with van der Waals surface area (Å²) in [5.41, 5.74) is 1.18. The van der Waals surface area contributed by atoms with E-state index in [2.05, 4.69) is 15.6 Å². The van der Waals surface area contributed by atoms with Crippen LogP contribution in [0.5, 0.6) is 0 Å². The summed E-state index contributed by atoms with van der Waals surface area (Å²) in [7, 11) is 0. The standard InChI is InChI=1S/C21H20ClF3N4O2/c1-12-17(18(28-31-12)13-6-2-4-8-15(13)22)20(30)26-10-11-29-16-9-5-3-7-14(16)19(27-29)21(23,24)25/h2,4,6,8H,3,5,7,9-11H2,1H3,(H,26,30). The van der Waals surface area contributed by atoms with Crippen molar-refractivity contribution in [2.45, 2.75) is 45.3 Å².